The number of aryl methyl sites for hydroxylation is 1. The van der Waals surface area contributed by atoms with Gasteiger partial charge >= 0.3 is 0 Å². The van der Waals surface area contributed by atoms with Crippen molar-refractivity contribution >= 4 is 22.5 Å². The van der Waals surface area contributed by atoms with Crippen LogP contribution in [0.2, 0.25) is 0 Å². The predicted molar refractivity (Wildman–Crippen MR) is 95.1 cm³/mol. The van der Waals surface area contributed by atoms with E-state index in [-0.39, 0.29) is 17.9 Å². The molecule has 1 aliphatic carbocycles. The van der Waals surface area contributed by atoms with Gasteiger partial charge in [0, 0.05) is 23.0 Å². The van der Waals surface area contributed by atoms with E-state index >= 15 is 0 Å². The first-order chi connectivity index (χ1) is 11.6. The molecule has 24 heavy (non-hydrogen) atoms. The van der Waals surface area contributed by atoms with E-state index in [1.165, 1.54) is 5.56 Å². The first-order valence-electron chi connectivity index (χ1n) is 8.21. The molecule has 1 aliphatic rings. The third-order valence-corrected chi connectivity index (χ3v) is 4.63. The second kappa shape index (κ2) is 5.76. The molecule has 4 rings (SSSR count). The minimum absolute atomic E-state index is 0.0392. The van der Waals surface area contributed by atoms with Gasteiger partial charge in [0.2, 0.25) is 5.91 Å². The fraction of sp³-hybridized carbons (Fsp3) is 0.263. The fourth-order valence-corrected chi connectivity index (χ4v) is 3.18. The van der Waals surface area contributed by atoms with Crippen LogP contribution in [0.25, 0.3) is 16.6 Å². The summed E-state index contributed by atoms with van der Waals surface area (Å²) in [5.41, 5.74) is 9.73. The number of carbonyl (C=O) groups is 1. The van der Waals surface area contributed by atoms with Crippen molar-refractivity contribution in [1.82, 2.24) is 9.78 Å². The maximum atomic E-state index is 12.2. The Morgan fingerprint density at radius 1 is 1.25 bits per heavy atom. The molecule has 1 fully saturated rings. The van der Waals surface area contributed by atoms with E-state index in [1.54, 1.807) is 0 Å². The van der Waals surface area contributed by atoms with Crippen molar-refractivity contribution in [2.45, 2.75) is 25.8 Å². The standard InChI is InChI=1S/C19H20N4O/c1-12-3-2-4-17(7-12)23-18-10-16(6-5-13(18)11-21-23)22-19(24)14-8-15(20)9-14/h2-7,10-11,14-15H,8-9,20H2,1H3,(H,22,24)/t14-,15+. The molecule has 122 valence electrons. The Bertz CT molecular complexity index is 909. The highest BCUT2D eigenvalue weighted by molar-refractivity contribution is 5.95. The molecule has 0 bridgehead atoms. The summed E-state index contributed by atoms with van der Waals surface area (Å²) in [5, 5.41) is 8.53. The third kappa shape index (κ3) is 2.67. The molecule has 1 aromatic heterocycles. The highest BCUT2D eigenvalue weighted by Gasteiger charge is 2.31. The topological polar surface area (TPSA) is 72.9 Å². The summed E-state index contributed by atoms with van der Waals surface area (Å²) in [6, 6.07) is 14.2. The normalized spacial score (nSPS) is 19.9. The van der Waals surface area contributed by atoms with Gasteiger partial charge in [-0.3, -0.25) is 4.79 Å². The Morgan fingerprint density at radius 3 is 2.83 bits per heavy atom. The molecule has 5 heteroatoms. The van der Waals surface area contributed by atoms with Crippen LogP contribution in [0.4, 0.5) is 5.69 Å². The fourth-order valence-electron chi connectivity index (χ4n) is 3.18. The molecular formula is C19H20N4O. The summed E-state index contributed by atoms with van der Waals surface area (Å²) in [6.07, 6.45) is 3.39. The lowest BCUT2D eigenvalue weighted by molar-refractivity contribution is -0.122. The average molecular weight is 320 g/mol. The number of rotatable bonds is 3. The largest absolute Gasteiger partial charge is 0.328 e. The van der Waals surface area contributed by atoms with Crippen molar-refractivity contribution < 1.29 is 4.79 Å². The van der Waals surface area contributed by atoms with Gasteiger partial charge < -0.3 is 11.1 Å². The van der Waals surface area contributed by atoms with Crippen LogP contribution < -0.4 is 11.1 Å². The molecule has 0 spiro atoms. The van der Waals surface area contributed by atoms with E-state index in [0.29, 0.717) is 0 Å². The van der Waals surface area contributed by atoms with Crippen molar-refractivity contribution in [2.24, 2.45) is 11.7 Å². The zero-order valence-corrected chi connectivity index (χ0v) is 13.6. The number of carbonyl (C=O) groups excluding carboxylic acids is 1. The lowest BCUT2D eigenvalue weighted by Crippen LogP contribution is -2.42. The van der Waals surface area contributed by atoms with Crippen LogP contribution in [-0.2, 0) is 4.79 Å². The maximum Gasteiger partial charge on any atom is 0.227 e. The molecule has 0 aliphatic heterocycles. The molecular weight excluding hydrogens is 300 g/mol. The zero-order chi connectivity index (χ0) is 16.7. The van der Waals surface area contributed by atoms with Gasteiger partial charge in [-0.15, -0.1) is 0 Å². The Balaban J connectivity index is 1.65. The lowest BCUT2D eigenvalue weighted by atomic mass is 9.80. The monoisotopic (exact) mass is 320 g/mol. The summed E-state index contributed by atoms with van der Waals surface area (Å²) < 4.78 is 1.90. The quantitative estimate of drug-likeness (QED) is 0.779. The van der Waals surface area contributed by atoms with Gasteiger partial charge in [-0.1, -0.05) is 12.1 Å². The second-order valence-corrected chi connectivity index (χ2v) is 6.59. The smallest absolute Gasteiger partial charge is 0.227 e. The van der Waals surface area contributed by atoms with E-state index in [2.05, 4.69) is 29.5 Å². The van der Waals surface area contributed by atoms with Gasteiger partial charge in [-0.25, -0.2) is 4.68 Å². The van der Waals surface area contributed by atoms with Crippen molar-refractivity contribution in [2.75, 3.05) is 5.32 Å². The Hall–Kier alpha value is -2.66. The minimum atomic E-state index is 0.0392. The summed E-state index contributed by atoms with van der Waals surface area (Å²) in [7, 11) is 0. The van der Waals surface area contributed by atoms with Crippen LogP contribution in [0.15, 0.2) is 48.7 Å². The van der Waals surface area contributed by atoms with E-state index in [4.69, 9.17) is 5.73 Å². The maximum absolute atomic E-state index is 12.2. The number of nitrogens with two attached hydrogens (primary N) is 1. The predicted octanol–water partition coefficient (Wildman–Crippen LogP) is 3.01. The number of anilines is 1. The van der Waals surface area contributed by atoms with Gasteiger partial charge in [-0.2, -0.15) is 5.10 Å². The first kappa shape index (κ1) is 14.9. The molecule has 2 aromatic carbocycles. The molecule has 3 N–H and O–H groups in total. The van der Waals surface area contributed by atoms with Crippen molar-refractivity contribution in [3.05, 3.63) is 54.2 Å². The lowest BCUT2D eigenvalue weighted by Gasteiger charge is -2.31. The van der Waals surface area contributed by atoms with Crippen molar-refractivity contribution in [3.8, 4) is 5.69 Å². The molecule has 5 nitrogen and oxygen atoms in total. The molecule has 0 atom stereocenters. The van der Waals surface area contributed by atoms with Gasteiger partial charge in [0.05, 0.1) is 17.4 Å². The number of amides is 1. The molecule has 3 aromatic rings. The number of hydrogen-bond acceptors (Lipinski definition) is 3. The highest BCUT2D eigenvalue weighted by atomic mass is 16.1. The Kier molecular flexibility index (Phi) is 3.58. The minimum Gasteiger partial charge on any atom is -0.328 e. The highest BCUT2D eigenvalue weighted by Crippen LogP contribution is 2.28. The van der Waals surface area contributed by atoms with Crippen molar-refractivity contribution in [1.29, 1.82) is 0 Å². The molecule has 0 saturated heterocycles. The number of nitrogens with zero attached hydrogens (tertiary/aromatic N) is 2. The van der Waals surface area contributed by atoms with Crippen LogP contribution in [-0.4, -0.2) is 21.7 Å². The van der Waals surface area contributed by atoms with E-state index in [0.717, 1.165) is 35.1 Å². The van der Waals surface area contributed by atoms with E-state index < -0.39 is 0 Å². The van der Waals surface area contributed by atoms with Crippen LogP contribution in [0.5, 0.6) is 0 Å². The average Bonchev–Trinajstić information content (AvgIpc) is 2.95. The van der Waals surface area contributed by atoms with Crippen LogP contribution in [0.3, 0.4) is 0 Å². The first-order valence-corrected chi connectivity index (χ1v) is 8.21. The number of hydrogen-bond donors (Lipinski definition) is 2. The number of nitrogens with one attached hydrogen (secondary N) is 1. The summed E-state index contributed by atoms with van der Waals surface area (Å²) in [6.45, 7) is 2.06. The van der Waals surface area contributed by atoms with Crippen LogP contribution in [0, 0.1) is 12.8 Å². The van der Waals surface area contributed by atoms with E-state index in [9.17, 15) is 4.79 Å². The number of aromatic nitrogens is 2. The van der Waals surface area contributed by atoms with Crippen molar-refractivity contribution in [3.63, 3.8) is 0 Å². The second-order valence-electron chi connectivity index (χ2n) is 6.59. The van der Waals surface area contributed by atoms with Gasteiger partial charge in [0.1, 0.15) is 0 Å². The van der Waals surface area contributed by atoms with E-state index in [1.807, 2.05) is 41.2 Å². The number of benzene rings is 2. The third-order valence-electron chi connectivity index (χ3n) is 4.63. The van der Waals surface area contributed by atoms with Gasteiger partial charge in [-0.05, 0) is 55.7 Å². The van der Waals surface area contributed by atoms with Gasteiger partial charge in [0.15, 0.2) is 0 Å². The molecule has 0 radical (unpaired) electrons. The van der Waals surface area contributed by atoms with Gasteiger partial charge in [0.25, 0.3) is 0 Å². The summed E-state index contributed by atoms with van der Waals surface area (Å²) >= 11 is 0. The zero-order valence-electron chi connectivity index (χ0n) is 13.6. The Labute approximate surface area is 140 Å². The summed E-state index contributed by atoms with van der Waals surface area (Å²) in [4.78, 5) is 12.2. The molecule has 0 unspecified atom stereocenters. The number of fused-ring (bicyclic) bond motifs is 1. The molecule has 1 saturated carbocycles. The molecule has 1 heterocycles. The van der Waals surface area contributed by atoms with Crippen LogP contribution in [0.1, 0.15) is 18.4 Å². The van der Waals surface area contributed by atoms with Crippen LogP contribution >= 0.6 is 0 Å². The summed E-state index contributed by atoms with van der Waals surface area (Å²) in [5.74, 6) is 0.0926. The molecule has 1 amide bonds. The Morgan fingerprint density at radius 2 is 2.08 bits per heavy atom. The SMILES string of the molecule is Cc1cccc(-n2ncc3ccc(NC(=O)[C@H]4C[C@@H](N)C4)cc32)c1.